The summed E-state index contributed by atoms with van der Waals surface area (Å²) >= 11 is 3.00. The van der Waals surface area contributed by atoms with Crippen LogP contribution < -0.4 is 0 Å². The summed E-state index contributed by atoms with van der Waals surface area (Å²) in [7, 11) is 0. The monoisotopic (exact) mass is 463 g/mol. The third-order valence-corrected chi connectivity index (χ3v) is 7.12. The van der Waals surface area contributed by atoms with Gasteiger partial charge in [0.05, 0.1) is 29.1 Å². The first-order chi connectivity index (χ1) is 15.7. The number of aromatic nitrogens is 3. The van der Waals surface area contributed by atoms with Gasteiger partial charge in [-0.15, -0.1) is 21.5 Å². The van der Waals surface area contributed by atoms with Crippen LogP contribution >= 0.6 is 23.1 Å². The zero-order valence-corrected chi connectivity index (χ0v) is 19.1. The van der Waals surface area contributed by atoms with E-state index in [4.69, 9.17) is 4.42 Å². The van der Waals surface area contributed by atoms with Gasteiger partial charge in [0, 0.05) is 6.42 Å². The molecule has 0 spiro atoms. The first-order valence-corrected chi connectivity index (χ1v) is 12.1. The summed E-state index contributed by atoms with van der Waals surface area (Å²) in [5, 5.41) is 17.5. The number of amides is 1. The number of carbonyl (C=O) groups is 1. The average Bonchev–Trinajstić information content (AvgIpc) is 3.60. The van der Waals surface area contributed by atoms with E-state index >= 15 is 0 Å². The second-order valence-electron chi connectivity index (χ2n) is 7.39. The molecule has 0 bridgehead atoms. The van der Waals surface area contributed by atoms with Crippen LogP contribution in [0.1, 0.15) is 34.5 Å². The Kier molecular flexibility index (Phi) is 5.91. The van der Waals surface area contributed by atoms with Gasteiger partial charge in [-0.25, -0.2) is 5.01 Å². The van der Waals surface area contributed by atoms with Crippen molar-refractivity contribution in [3.8, 4) is 0 Å². The standard InChI is InChI=1S/C23H21N5O2S2/c1-16-24-25-23(27(16)14-17-7-3-2-4-8-17)32-15-22(29)28-19(20-9-5-11-30-20)13-18(26-28)21-10-6-12-31-21/h2-12,19H,13-15H2,1H3. The Morgan fingerprint density at radius 1 is 1.16 bits per heavy atom. The van der Waals surface area contributed by atoms with E-state index in [1.54, 1.807) is 22.6 Å². The number of thiophene rings is 1. The lowest BCUT2D eigenvalue weighted by Gasteiger charge is -2.19. The minimum absolute atomic E-state index is 0.0881. The van der Waals surface area contributed by atoms with Crippen LogP contribution in [0.3, 0.4) is 0 Å². The van der Waals surface area contributed by atoms with Crippen molar-refractivity contribution in [1.82, 2.24) is 19.8 Å². The van der Waals surface area contributed by atoms with Crippen molar-refractivity contribution in [2.45, 2.75) is 31.1 Å². The van der Waals surface area contributed by atoms with Crippen molar-refractivity contribution in [2.24, 2.45) is 5.10 Å². The van der Waals surface area contributed by atoms with Crippen LogP contribution in [-0.4, -0.2) is 37.1 Å². The molecule has 162 valence electrons. The summed E-state index contributed by atoms with van der Waals surface area (Å²) in [4.78, 5) is 14.3. The molecule has 4 aromatic rings. The highest BCUT2D eigenvalue weighted by molar-refractivity contribution is 7.99. The zero-order chi connectivity index (χ0) is 21.9. The summed E-state index contributed by atoms with van der Waals surface area (Å²) < 4.78 is 7.65. The predicted molar refractivity (Wildman–Crippen MR) is 125 cm³/mol. The molecule has 7 nitrogen and oxygen atoms in total. The van der Waals surface area contributed by atoms with Gasteiger partial charge < -0.3 is 8.98 Å². The largest absolute Gasteiger partial charge is 0.467 e. The third kappa shape index (κ3) is 4.26. The predicted octanol–water partition coefficient (Wildman–Crippen LogP) is 4.76. The molecular weight excluding hydrogens is 442 g/mol. The summed E-state index contributed by atoms with van der Waals surface area (Å²) in [5.74, 6) is 1.68. The van der Waals surface area contributed by atoms with Crippen LogP contribution in [0.5, 0.6) is 0 Å². The van der Waals surface area contributed by atoms with Crippen LogP contribution in [0.2, 0.25) is 0 Å². The molecule has 0 saturated carbocycles. The smallest absolute Gasteiger partial charge is 0.253 e. The lowest BCUT2D eigenvalue weighted by molar-refractivity contribution is -0.130. The molecule has 3 aromatic heterocycles. The number of hydrogen-bond acceptors (Lipinski definition) is 7. The minimum Gasteiger partial charge on any atom is -0.467 e. The highest BCUT2D eigenvalue weighted by Gasteiger charge is 2.35. The molecule has 1 aliphatic heterocycles. The summed E-state index contributed by atoms with van der Waals surface area (Å²) in [5.41, 5.74) is 2.06. The zero-order valence-electron chi connectivity index (χ0n) is 17.4. The molecule has 1 aromatic carbocycles. The Bertz CT molecular complexity index is 1220. The van der Waals surface area contributed by atoms with Gasteiger partial charge in [-0.3, -0.25) is 4.79 Å². The van der Waals surface area contributed by atoms with E-state index in [1.807, 2.05) is 59.3 Å². The molecule has 9 heteroatoms. The molecular formula is C23H21N5O2S2. The summed E-state index contributed by atoms with van der Waals surface area (Å²) in [6, 6.07) is 17.7. The number of thioether (sulfide) groups is 1. The van der Waals surface area contributed by atoms with Crippen molar-refractivity contribution < 1.29 is 9.21 Å². The van der Waals surface area contributed by atoms with E-state index in [-0.39, 0.29) is 17.7 Å². The van der Waals surface area contributed by atoms with Crippen molar-refractivity contribution >= 4 is 34.7 Å². The normalized spacial score (nSPS) is 15.8. The number of furan rings is 1. The van der Waals surface area contributed by atoms with Gasteiger partial charge in [-0.1, -0.05) is 48.2 Å². The molecule has 4 heterocycles. The molecule has 0 fully saturated rings. The maximum atomic E-state index is 13.2. The fourth-order valence-electron chi connectivity index (χ4n) is 3.64. The first kappa shape index (κ1) is 20.7. The molecule has 5 rings (SSSR count). The van der Waals surface area contributed by atoms with E-state index < -0.39 is 0 Å². The minimum atomic E-state index is -0.237. The van der Waals surface area contributed by atoms with Crippen molar-refractivity contribution in [3.05, 3.63) is 88.3 Å². The van der Waals surface area contributed by atoms with E-state index in [0.717, 1.165) is 32.9 Å². The van der Waals surface area contributed by atoms with E-state index in [2.05, 4.69) is 27.4 Å². The van der Waals surface area contributed by atoms with Gasteiger partial charge in [-0.2, -0.15) is 5.10 Å². The molecule has 1 amide bonds. The summed E-state index contributed by atoms with van der Waals surface area (Å²) in [6.45, 7) is 2.59. The number of benzene rings is 1. The molecule has 32 heavy (non-hydrogen) atoms. The van der Waals surface area contributed by atoms with Gasteiger partial charge in [0.1, 0.15) is 17.6 Å². The van der Waals surface area contributed by atoms with Gasteiger partial charge in [0.15, 0.2) is 5.16 Å². The van der Waals surface area contributed by atoms with Crippen LogP contribution in [0.4, 0.5) is 0 Å². The number of nitrogens with zero attached hydrogens (tertiary/aromatic N) is 5. The number of aryl methyl sites for hydroxylation is 1. The van der Waals surface area contributed by atoms with Crippen LogP contribution in [0.25, 0.3) is 0 Å². The molecule has 0 N–H and O–H groups in total. The SMILES string of the molecule is Cc1nnc(SCC(=O)N2N=C(c3cccs3)CC2c2ccco2)n1Cc1ccccc1. The number of hydrazone groups is 1. The van der Waals surface area contributed by atoms with E-state index in [9.17, 15) is 4.79 Å². The fraction of sp³-hybridized carbons (Fsp3) is 0.217. The Morgan fingerprint density at radius 2 is 2.03 bits per heavy atom. The molecule has 1 atom stereocenters. The fourth-order valence-corrected chi connectivity index (χ4v) is 5.20. The lowest BCUT2D eigenvalue weighted by Crippen LogP contribution is -2.28. The second kappa shape index (κ2) is 9.13. The highest BCUT2D eigenvalue weighted by Crippen LogP contribution is 2.34. The molecule has 0 saturated heterocycles. The number of carbonyl (C=O) groups excluding carboxylic acids is 1. The number of rotatable bonds is 7. The molecule has 1 unspecified atom stereocenters. The van der Waals surface area contributed by atoms with Crippen LogP contribution in [0.15, 0.2) is 80.9 Å². The Morgan fingerprint density at radius 3 is 2.78 bits per heavy atom. The van der Waals surface area contributed by atoms with Gasteiger partial charge in [0.25, 0.3) is 5.91 Å². The van der Waals surface area contributed by atoms with E-state index in [1.165, 1.54) is 11.8 Å². The van der Waals surface area contributed by atoms with Crippen LogP contribution in [0, 0.1) is 6.92 Å². The topological polar surface area (TPSA) is 76.5 Å². The number of hydrogen-bond donors (Lipinski definition) is 0. The molecule has 0 radical (unpaired) electrons. The van der Waals surface area contributed by atoms with Gasteiger partial charge >= 0.3 is 0 Å². The summed E-state index contributed by atoms with van der Waals surface area (Å²) in [6.07, 6.45) is 2.26. The van der Waals surface area contributed by atoms with Crippen molar-refractivity contribution in [2.75, 3.05) is 5.75 Å². The Hall–Kier alpha value is -3.17. The van der Waals surface area contributed by atoms with Crippen molar-refractivity contribution in [1.29, 1.82) is 0 Å². The average molecular weight is 464 g/mol. The Balaban J connectivity index is 1.33. The quantitative estimate of drug-likeness (QED) is 0.369. The third-order valence-electron chi connectivity index (χ3n) is 5.25. The van der Waals surface area contributed by atoms with Crippen molar-refractivity contribution in [3.63, 3.8) is 0 Å². The lowest BCUT2D eigenvalue weighted by atomic mass is 10.1. The van der Waals surface area contributed by atoms with Gasteiger partial charge in [0.2, 0.25) is 0 Å². The van der Waals surface area contributed by atoms with Gasteiger partial charge in [-0.05, 0) is 36.1 Å². The molecule has 0 aliphatic carbocycles. The highest BCUT2D eigenvalue weighted by atomic mass is 32.2. The Labute approximate surface area is 193 Å². The molecule has 1 aliphatic rings. The first-order valence-electron chi connectivity index (χ1n) is 10.2. The second-order valence-corrected chi connectivity index (χ2v) is 9.28. The van der Waals surface area contributed by atoms with Crippen LogP contribution in [-0.2, 0) is 11.3 Å². The maximum Gasteiger partial charge on any atom is 0.253 e. The van der Waals surface area contributed by atoms with E-state index in [0.29, 0.717) is 13.0 Å². The maximum absolute atomic E-state index is 13.2.